The van der Waals surface area contributed by atoms with Gasteiger partial charge in [0.15, 0.2) is 6.23 Å². The number of carbonyl (C=O) groups excluding carboxylic acids is 2. The summed E-state index contributed by atoms with van der Waals surface area (Å²) in [6, 6.07) is 3.95. The average molecular weight is 342 g/mol. The van der Waals surface area contributed by atoms with E-state index in [0.717, 1.165) is 0 Å². The highest BCUT2D eigenvalue weighted by atomic mass is 35.6. The van der Waals surface area contributed by atoms with Gasteiger partial charge in [0.1, 0.15) is 0 Å². The first-order valence-corrected chi connectivity index (χ1v) is 6.33. The summed E-state index contributed by atoms with van der Waals surface area (Å²) in [5.74, 6) is -1.44. The van der Waals surface area contributed by atoms with Crippen LogP contribution in [-0.4, -0.2) is 34.1 Å². The molecule has 0 saturated heterocycles. The monoisotopic (exact) mass is 340 g/mol. The number of hydrogen-bond donors (Lipinski definition) is 3. The molecule has 6 nitrogen and oxygen atoms in total. The van der Waals surface area contributed by atoms with Crippen LogP contribution < -0.4 is 11.1 Å². The second kappa shape index (κ2) is 6.49. The second-order valence-electron chi connectivity index (χ2n) is 3.71. The molecule has 0 aromatic heterocycles. The average Bonchev–Trinajstić information content (AvgIpc) is 2.37. The third-order valence-corrected chi connectivity index (χ3v) is 2.92. The molecule has 0 aliphatic rings. The molecule has 1 atom stereocenters. The molecule has 1 aromatic rings. The maximum atomic E-state index is 11.9. The lowest BCUT2D eigenvalue weighted by molar-refractivity contribution is 0.0600. The summed E-state index contributed by atoms with van der Waals surface area (Å²) in [5.41, 5.74) is 5.78. The summed E-state index contributed by atoms with van der Waals surface area (Å²) in [6.45, 7) is 0. The molecule has 1 unspecified atom stereocenters. The first-order valence-electron chi connectivity index (χ1n) is 5.20. The van der Waals surface area contributed by atoms with E-state index < -0.39 is 21.9 Å². The van der Waals surface area contributed by atoms with Crippen molar-refractivity contribution < 1.29 is 19.4 Å². The molecule has 0 heterocycles. The van der Waals surface area contributed by atoms with Crippen LogP contribution in [0.1, 0.15) is 20.7 Å². The summed E-state index contributed by atoms with van der Waals surface area (Å²) in [7, 11) is 1.20. The van der Waals surface area contributed by atoms with Crippen LogP contribution >= 0.6 is 34.8 Å². The molecule has 1 aromatic carbocycles. The molecule has 1 amide bonds. The van der Waals surface area contributed by atoms with Crippen molar-refractivity contribution in [1.29, 1.82) is 0 Å². The van der Waals surface area contributed by atoms with Gasteiger partial charge in [0, 0.05) is 5.69 Å². The second-order valence-corrected chi connectivity index (χ2v) is 6.08. The third-order valence-electron chi connectivity index (χ3n) is 2.30. The Morgan fingerprint density at radius 2 is 2.00 bits per heavy atom. The molecule has 4 N–H and O–H groups in total. The van der Waals surface area contributed by atoms with E-state index in [0.29, 0.717) is 0 Å². The smallest absolute Gasteiger partial charge is 0.337 e. The summed E-state index contributed by atoms with van der Waals surface area (Å²) in [6.07, 6.45) is -1.74. The largest absolute Gasteiger partial charge is 0.465 e. The number of carbonyl (C=O) groups is 2. The Morgan fingerprint density at radius 3 is 2.50 bits per heavy atom. The van der Waals surface area contributed by atoms with Crippen molar-refractivity contribution in [2.75, 3.05) is 12.8 Å². The van der Waals surface area contributed by atoms with Crippen molar-refractivity contribution in [3.63, 3.8) is 0 Å². The molecular weight excluding hydrogens is 330 g/mol. The standard InChI is InChI=1S/C11H11Cl3N2O4/c1-20-9(18)5-2-3-7(15)6(4-5)8(17)16-10(19)11(12,13)14/h2-4,10,19H,15H2,1H3,(H,16,17). The Labute approximate surface area is 129 Å². The van der Waals surface area contributed by atoms with Gasteiger partial charge in [0.25, 0.3) is 5.91 Å². The number of amides is 1. The minimum atomic E-state index is -2.09. The van der Waals surface area contributed by atoms with Crippen LogP contribution in [0.15, 0.2) is 18.2 Å². The summed E-state index contributed by atoms with van der Waals surface area (Å²) < 4.78 is 2.43. The molecule has 20 heavy (non-hydrogen) atoms. The molecule has 0 aliphatic carbocycles. The number of rotatable bonds is 3. The van der Waals surface area contributed by atoms with Crippen molar-refractivity contribution in [3.8, 4) is 0 Å². The fourth-order valence-corrected chi connectivity index (χ4v) is 1.45. The van der Waals surface area contributed by atoms with E-state index in [1.165, 1.54) is 25.3 Å². The van der Waals surface area contributed by atoms with Gasteiger partial charge in [-0.1, -0.05) is 34.8 Å². The Hall–Kier alpha value is -1.21. The van der Waals surface area contributed by atoms with Crippen molar-refractivity contribution in [1.82, 2.24) is 5.32 Å². The Bertz CT molecular complexity index is 531. The van der Waals surface area contributed by atoms with Crippen LogP contribution in [-0.2, 0) is 4.74 Å². The predicted molar refractivity (Wildman–Crippen MR) is 76.0 cm³/mol. The van der Waals surface area contributed by atoms with Crippen molar-refractivity contribution >= 4 is 52.4 Å². The topological polar surface area (TPSA) is 102 Å². The number of aliphatic hydroxyl groups is 1. The van der Waals surface area contributed by atoms with Gasteiger partial charge >= 0.3 is 5.97 Å². The van der Waals surface area contributed by atoms with E-state index in [1.54, 1.807) is 0 Å². The zero-order valence-electron chi connectivity index (χ0n) is 10.2. The first-order chi connectivity index (χ1) is 9.16. The number of anilines is 1. The number of nitrogens with two attached hydrogens (primary N) is 1. The number of aliphatic hydroxyl groups excluding tert-OH is 1. The number of alkyl halides is 3. The highest BCUT2D eigenvalue weighted by molar-refractivity contribution is 6.68. The Morgan fingerprint density at radius 1 is 1.40 bits per heavy atom. The molecule has 110 valence electrons. The van der Waals surface area contributed by atoms with Gasteiger partial charge in [-0.25, -0.2) is 4.79 Å². The Balaban J connectivity index is 3.01. The quantitative estimate of drug-likeness (QED) is 0.334. The van der Waals surface area contributed by atoms with Gasteiger partial charge in [0.05, 0.1) is 18.2 Å². The molecule has 1 rings (SSSR count). The fourth-order valence-electron chi connectivity index (χ4n) is 1.28. The maximum absolute atomic E-state index is 11.9. The van der Waals surface area contributed by atoms with Crippen molar-refractivity contribution in [3.05, 3.63) is 29.3 Å². The van der Waals surface area contributed by atoms with Gasteiger partial charge < -0.3 is 20.9 Å². The summed E-state index contributed by atoms with van der Waals surface area (Å²) >= 11 is 16.3. The highest BCUT2D eigenvalue weighted by Crippen LogP contribution is 2.29. The number of esters is 1. The number of nitrogens with one attached hydrogen (secondary N) is 1. The number of methoxy groups -OCH3 is 1. The predicted octanol–water partition coefficient (Wildman–Crippen LogP) is 1.47. The molecule has 0 spiro atoms. The zero-order valence-corrected chi connectivity index (χ0v) is 12.5. The van der Waals surface area contributed by atoms with Gasteiger partial charge in [-0.2, -0.15) is 0 Å². The number of hydrogen-bond acceptors (Lipinski definition) is 5. The van der Waals surface area contributed by atoms with Crippen LogP contribution in [0.25, 0.3) is 0 Å². The van der Waals surface area contributed by atoms with Crippen LogP contribution in [0.4, 0.5) is 5.69 Å². The summed E-state index contributed by atoms with van der Waals surface area (Å²) in [4.78, 5) is 23.3. The van der Waals surface area contributed by atoms with Crippen LogP contribution in [0, 0.1) is 0 Å². The van der Waals surface area contributed by atoms with E-state index in [-0.39, 0.29) is 16.8 Å². The van der Waals surface area contributed by atoms with E-state index in [9.17, 15) is 14.7 Å². The molecule has 0 radical (unpaired) electrons. The van der Waals surface area contributed by atoms with Gasteiger partial charge in [-0.15, -0.1) is 0 Å². The Kier molecular flexibility index (Phi) is 5.47. The lowest BCUT2D eigenvalue weighted by Gasteiger charge is -2.20. The van der Waals surface area contributed by atoms with Crippen molar-refractivity contribution in [2.45, 2.75) is 10.0 Å². The van der Waals surface area contributed by atoms with E-state index >= 15 is 0 Å². The number of benzene rings is 1. The fraction of sp³-hybridized carbons (Fsp3) is 0.273. The van der Waals surface area contributed by atoms with Gasteiger partial charge in [-0.05, 0) is 18.2 Å². The highest BCUT2D eigenvalue weighted by Gasteiger charge is 2.32. The van der Waals surface area contributed by atoms with Crippen molar-refractivity contribution in [2.24, 2.45) is 0 Å². The molecular formula is C11H11Cl3N2O4. The molecule has 0 saturated carbocycles. The van der Waals surface area contributed by atoms with E-state index in [1.807, 2.05) is 5.32 Å². The minimum absolute atomic E-state index is 0.0544. The number of ether oxygens (including phenoxy) is 1. The number of halogens is 3. The lowest BCUT2D eigenvalue weighted by Crippen LogP contribution is -2.43. The van der Waals surface area contributed by atoms with E-state index in [4.69, 9.17) is 40.5 Å². The van der Waals surface area contributed by atoms with Gasteiger partial charge in [-0.3, -0.25) is 4.79 Å². The zero-order chi connectivity index (χ0) is 15.5. The minimum Gasteiger partial charge on any atom is -0.465 e. The van der Waals surface area contributed by atoms with Crippen LogP contribution in [0.2, 0.25) is 0 Å². The molecule has 0 bridgehead atoms. The molecule has 0 fully saturated rings. The molecule has 0 aliphatic heterocycles. The SMILES string of the molecule is COC(=O)c1ccc(N)c(C(=O)NC(O)C(Cl)(Cl)Cl)c1. The third kappa shape index (κ3) is 4.14. The number of nitrogen functional groups attached to an aromatic ring is 1. The van der Waals surface area contributed by atoms with Crippen LogP contribution in [0.5, 0.6) is 0 Å². The van der Waals surface area contributed by atoms with Crippen LogP contribution in [0.3, 0.4) is 0 Å². The maximum Gasteiger partial charge on any atom is 0.337 e. The lowest BCUT2D eigenvalue weighted by atomic mass is 10.1. The van der Waals surface area contributed by atoms with E-state index in [2.05, 4.69) is 4.74 Å². The summed E-state index contributed by atoms with van der Waals surface area (Å²) in [5, 5.41) is 11.5. The normalized spacial score (nSPS) is 12.7. The van der Waals surface area contributed by atoms with Gasteiger partial charge in [0.2, 0.25) is 3.79 Å². The first kappa shape index (κ1) is 16.8. The molecule has 9 heteroatoms.